The summed E-state index contributed by atoms with van der Waals surface area (Å²) < 4.78 is 0. The van der Waals surface area contributed by atoms with Gasteiger partial charge in [0.15, 0.2) is 5.96 Å². The van der Waals surface area contributed by atoms with Crippen LogP contribution in [0.25, 0.3) is 0 Å². The molecule has 0 saturated carbocycles. The van der Waals surface area contributed by atoms with Crippen molar-refractivity contribution in [3.05, 3.63) is 45.9 Å². The molecule has 25 heavy (non-hydrogen) atoms. The quantitative estimate of drug-likeness (QED) is 0.419. The van der Waals surface area contributed by atoms with Crippen molar-refractivity contribution in [1.29, 1.82) is 0 Å². The Bertz CT molecular complexity index is 791. The highest BCUT2D eigenvalue weighted by molar-refractivity contribution is 7.11. The third-order valence-electron chi connectivity index (χ3n) is 3.25. The lowest BCUT2D eigenvalue weighted by atomic mass is 10.2. The van der Waals surface area contributed by atoms with Crippen molar-refractivity contribution in [3.8, 4) is 12.3 Å². The smallest absolute Gasteiger partial charge is 0.243 e. The maximum atomic E-state index is 12.0. The largest absolute Gasteiger partial charge is 0.356 e. The summed E-state index contributed by atoms with van der Waals surface area (Å²) in [5.74, 6) is 2.93. The van der Waals surface area contributed by atoms with Gasteiger partial charge >= 0.3 is 0 Å². The van der Waals surface area contributed by atoms with Gasteiger partial charge < -0.3 is 16.0 Å². The molecule has 7 heteroatoms. The fourth-order valence-electron chi connectivity index (χ4n) is 2.08. The molecule has 0 saturated heterocycles. The van der Waals surface area contributed by atoms with Crippen LogP contribution in [0.3, 0.4) is 0 Å². The number of hydrogen-bond donors (Lipinski definition) is 3. The van der Waals surface area contributed by atoms with Crippen LogP contribution in [0, 0.1) is 19.3 Å². The van der Waals surface area contributed by atoms with Gasteiger partial charge in [-0.25, -0.2) is 4.98 Å². The first-order valence-corrected chi connectivity index (χ1v) is 8.64. The van der Waals surface area contributed by atoms with Crippen LogP contribution in [0.4, 0.5) is 5.69 Å². The molecule has 0 unspecified atom stereocenters. The van der Waals surface area contributed by atoms with Gasteiger partial charge in [0.25, 0.3) is 0 Å². The van der Waals surface area contributed by atoms with Gasteiger partial charge in [0.1, 0.15) is 0 Å². The van der Waals surface area contributed by atoms with E-state index >= 15 is 0 Å². The standard InChI is InChI=1S/C18H21N5OS/c1-4-14-6-5-7-15(10-14)23-16(24)12-22-18(19-3)20-9-8-17-21-11-13(2)25-17/h1,5-7,10-11H,8-9,12H2,2-3H3,(H,23,24)(H2,19,20,22). The third kappa shape index (κ3) is 6.28. The summed E-state index contributed by atoms with van der Waals surface area (Å²) in [5.41, 5.74) is 1.39. The lowest BCUT2D eigenvalue weighted by molar-refractivity contribution is -0.115. The van der Waals surface area contributed by atoms with Gasteiger partial charge in [-0.2, -0.15) is 0 Å². The normalized spacial score (nSPS) is 10.8. The minimum atomic E-state index is -0.173. The summed E-state index contributed by atoms with van der Waals surface area (Å²) in [5, 5.41) is 10.0. The fraction of sp³-hybridized carbons (Fsp3) is 0.278. The summed E-state index contributed by atoms with van der Waals surface area (Å²) in [7, 11) is 1.66. The molecule has 6 nitrogen and oxygen atoms in total. The number of thiazole rings is 1. The molecule has 0 aliphatic rings. The van der Waals surface area contributed by atoms with Crippen LogP contribution in [0.5, 0.6) is 0 Å². The average Bonchev–Trinajstić information content (AvgIpc) is 3.03. The molecule has 1 aromatic carbocycles. The van der Waals surface area contributed by atoms with Crippen LogP contribution < -0.4 is 16.0 Å². The van der Waals surface area contributed by atoms with Gasteiger partial charge in [-0.3, -0.25) is 9.79 Å². The van der Waals surface area contributed by atoms with E-state index in [1.54, 1.807) is 36.6 Å². The average molecular weight is 355 g/mol. The summed E-state index contributed by atoms with van der Waals surface area (Å²) in [6.07, 6.45) is 8.03. The van der Waals surface area contributed by atoms with E-state index in [2.05, 4.69) is 31.8 Å². The molecule has 0 aliphatic carbocycles. The highest BCUT2D eigenvalue weighted by Crippen LogP contribution is 2.11. The number of aliphatic imine (C=N–C) groups is 1. The molecule has 3 N–H and O–H groups in total. The predicted molar refractivity (Wildman–Crippen MR) is 103 cm³/mol. The van der Waals surface area contributed by atoms with Gasteiger partial charge in [0.2, 0.25) is 5.91 Å². The zero-order chi connectivity index (χ0) is 18.1. The van der Waals surface area contributed by atoms with Crippen molar-refractivity contribution in [2.75, 3.05) is 25.5 Å². The molecule has 1 heterocycles. The number of rotatable bonds is 6. The SMILES string of the molecule is C#Cc1cccc(NC(=O)CNC(=NC)NCCc2ncc(C)s2)c1. The molecule has 0 atom stereocenters. The predicted octanol–water partition coefficient (Wildman–Crippen LogP) is 1.78. The third-order valence-corrected chi connectivity index (χ3v) is 4.23. The van der Waals surface area contributed by atoms with Crippen molar-refractivity contribution in [1.82, 2.24) is 15.6 Å². The van der Waals surface area contributed by atoms with Gasteiger partial charge in [-0.05, 0) is 25.1 Å². The number of carbonyl (C=O) groups is 1. The lowest BCUT2D eigenvalue weighted by Crippen LogP contribution is -2.42. The number of carbonyl (C=O) groups excluding carboxylic acids is 1. The Morgan fingerprint density at radius 3 is 2.92 bits per heavy atom. The van der Waals surface area contributed by atoms with Crippen molar-refractivity contribution in [2.45, 2.75) is 13.3 Å². The van der Waals surface area contributed by atoms with Crippen LogP contribution in [0.2, 0.25) is 0 Å². The molecule has 0 spiro atoms. The van der Waals surface area contributed by atoms with Crippen LogP contribution in [-0.4, -0.2) is 37.0 Å². The van der Waals surface area contributed by atoms with Crippen LogP contribution >= 0.6 is 11.3 Å². The maximum Gasteiger partial charge on any atom is 0.243 e. The zero-order valence-corrected chi connectivity index (χ0v) is 15.1. The first-order valence-electron chi connectivity index (χ1n) is 7.83. The second kappa shape index (κ2) is 9.45. The van der Waals surface area contributed by atoms with Crippen molar-refractivity contribution in [2.24, 2.45) is 4.99 Å². The van der Waals surface area contributed by atoms with Crippen molar-refractivity contribution >= 4 is 28.9 Å². The Balaban J connectivity index is 1.74. The van der Waals surface area contributed by atoms with E-state index in [1.165, 1.54) is 4.88 Å². The van der Waals surface area contributed by atoms with Gasteiger partial charge in [-0.15, -0.1) is 17.8 Å². The van der Waals surface area contributed by atoms with E-state index in [4.69, 9.17) is 6.42 Å². The second-order valence-corrected chi connectivity index (χ2v) is 6.56. The van der Waals surface area contributed by atoms with E-state index in [-0.39, 0.29) is 12.5 Å². The molecule has 0 aliphatic heterocycles. The summed E-state index contributed by atoms with van der Waals surface area (Å²) >= 11 is 1.68. The number of amides is 1. The number of nitrogens with one attached hydrogen (secondary N) is 3. The van der Waals surface area contributed by atoms with E-state index in [9.17, 15) is 4.79 Å². The Morgan fingerprint density at radius 2 is 2.24 bits per heavy atom. The maximum absolute atomic E-state index is 12.0. The van der Waals surface area contributed by atoms with E-state index in [0.29, 0.717) is 18.2 Å². The monoisotopic (exact) mass is 355 g/mol. The molecule has 0 bridgehead atoms. The van der Waals surface area contributed by atoms with E-state index in [1.807, 2.05) is 19.2 Å². The second-order valence-electron chi connectivity index (χ2n) is 5.24. The molecule has 0 fully saturated rings. The zero-order valence-electron chi connectivity index (χ0n) is 14.3. The Kier molecular flexibility index (Phi) is 6.99. The molecule has 2 rings (SSSR count). The first kappa shape index (κ1) is 18.5. The topological polar surface area (TPSA) is 78.4 Å². The highest BCUT2D eigenvalue weighted by atomic mass is 32.1. The molecule has 1 aromatic heterocycles. The fourth-order valence-corrected chi connectivity index (χ4v) is 2.87. The number of anilines is 1. The highest BCUT2D eigenvalue weighted by Gasteiger charge is 2.05. The summed E-state index contributed by atoms with van der Waals surface area (Å²) in [6.45, 7) is 2.84. The molecular weight excluding hydrogens is 334 g/mol. The van der Waals surface area contributed by atoms with Crippen LogP contribution in [-0.2, 0) is 11.2 Å². The Hall–Kier alpha value is -2.85. The van der Waals surface area contributed by atoms with Crippen molar-refractivity contribution in [3.63, 3.8) is 0 Å². The van der Waals surface area contributed by atoms with Gasteiger partial charge in [0, 0.05) is 42.3 Å². The number of terminal acetylenes is 1. The molecule has 2 aromatic rings. The molecular formula is C18H21N5OS. The number of hydrogen-bond acceptors (Lipinski definition) is 4. The van der Waals surface area contributed by atoms with Crippen LogP contribution in [0.15, 0.2) is 35.5 Å². The van der Waals surface area contributed by atoms with Crippen LogP contribution in [0.1, 0.15) is 15.4 Å². The minimum absolute atomic E-state index is 0.107. The van der Waals surface area contributed by atoms with E-state index in [0.717, 1.165) is 17.0 Å². The number of benzene rings is 1. The minimum Gasteiger partial charge on any atom is -0.356 e. The van der Waals surface area contributed by atoms with Gasteiger partial charge in [-0.1, -0.05) is 12.0 Å². The van der Waals surface area contributed by atoms with Crippen molar-refractivity contribution < 1.29 is 4.79 Å². The lowest BCUT2D eigenvalue weighted by Gasteiger charge is -2.11. The molecule has 1 amide bonds. The Labute approximate surface area is 151 Å². The number of aromatic nitrogens is 1. The Morgan fingerprint density at radius 1 is 1.40 bits per heavy atom. The molecule has 0 radical (unpaired) electrons. The summed E-state index contributed by atoms with van der Waals surface area (Å²) in [4.78, 5) is 21.6. The van der Waals surface area contributed by atoms with Gasteiger partial charge in [0.05, 0.1) is 11.6 Å². The number of nitrogens with zero attached hydrogens (tertiary/aromatic N) is 2. The first-order chi connectivity index (χ1) is 12.1. The summed E-state index contributed by atoms with van der Waals surface area (Å²) in [6, 6.07) is 7.16. The number of aryl methyl sites for hydroxylation is 1. The molecule has 130 valence electrons. The number of guanidine groups is 1. The van der Waals surface area contributed by atoms with E-state index < -0.39 is 0 Å².